The Kier molecular flexibility index (Phi) is 5.78. The van der Waals surface area contributed by atoms with Gasteiger partial charge in [0.1, 0.15) is 0 Å². The van der Waals surface area contributed by atoms with E-state index in [1.54, 1.807) is 6.07 Å². The van der Waals surface area contributed by atoms with Crippen LogP contribution in [0.25, 0.3) is 0 Å². The maximum absolute atomic E-state index is 13.3. The highest BCUT2D eigenvalue weighted by atomic mass is 35.5. The van der Waals surface area contributed by atoms with Crippen LogP contribution in [0.1, 0.15) is 11.1 Å². The normalized spacial score (nSPS) is 14.9. The van der Waals surface area contributed by atoms with Crippen LogP contribution in [0.2, 0.25) is 5.02 Å². The molecule has 0 aliphatic heterocycles. The minimum atomic E-state index is -5.06. The third kappa shape index (κ3) is 4.94. The monoisotopic (exact) mass is 393 g/mol. The lowest BCUT2D eigenvalue weighted by atomic mass is 9.93. The van der Waals surface area contributed by atoms with Gasteiger partial charge in [0.25, 0.3) is 0 Å². The molecular formula is C16H15ClF3NO3S. The SMILES string of the molecule is O=S(=O)(Cc1cccc(Cl)c1)NC[C@](O)(c1ccccc1)C(F)(F)F. The quantitative estimate of drug-likeness (QED) is 0.792. The molecule has 2 rings (SSSR count). The van der Waals surface area contributed by atoms with Crippen LogP contribution in [0.4, 0.5) is 13.2 Å². The number of aliphatic hydroxyl groups is 1. The Hall–Kier alpha value is -1.61. The summed E-state index contributed by atoms with van der Waals surface area (Å²) in [7, 11) is -4.12. The zero-order valence-corrected chi connectivity index (χ0v) is 14.4. The Morgan fingerprint density at radius 1 is 1.04 bits per heavy atom. The van der Waals surface area contributed by atoms with Crippen LogP contribution in [0, 0.1) is 0 Å². The van der Waals surface area contributed by atoms with Crippen LogP contribution in [-0.4, -0.2) is 26.2 Å². The van der Waals surface area contributed by atoms with Crippen LogP contribution < -0.4 is 4.72 Å². The highest BCUT2D eigenvalue weighted by Gasteiger charge is 2.55. The maximum atomic E-state index is 13.3. The van der Waals surface area contributed by atoms with E-state index in [-0.39, 0.29) is 0 Å². The topological polar surface area (TPSA) is 66.4 Å². The summed E-state index contributed by atoms with van der Waals surface area (Å²) in [6.45, 7) is -1.23. The van der Waals surface area contributed by atoms with Gasteiger partial charge in [0, 0.05) is 5.02 Å². The molecule has 136 valence electrons. The lowest BCUT2D eigenvalue weighted by Crippen LogP contribution is -2.51. The van der Waals surface area contributed by atoms with Crippen LogP contribution in [-0.2, 0) is 21.4 Å². The first-order chi connectivity index (χ1) is 11.5. The number of alkyl halides is 3. The van der Waals surface area contributed by atoms with Crippen molar-refractivity contribution in [2.45, 2.75) is 17.5 Å². The van der Waals surface area contributed by atoms with E-state index in [2.05, 4.69) is 0 Å². The average molecular weight is 394 g/mol. The molecule has 0 saturated carbocycles. The van der Waals surface area contributed by atoms with Crippen molar-refractivity contribution in [1.29, 1.82) is 0 Å². The first-order valence-electron chi connectivity index (χ1n) is 7.10. The second-order valence-electron chi connectivity index (χ2n) is 5.43. The molecule has 1 atom stereocenters. The van der Waals surface area contributed by atoms with Crippen LogP contribution in [0.5, 0.6) is 0 Å². The number of rotatable bonds is 6. The molecule has 2 aromatic carbocycles. The van der Waals surface area contributed by atoms with Gasteiger partial charge in [-0.1, -0.05) is 54.1 Å². The summed E-state index contributed by atoms with van der Waals surface area (Å²) in [4.78, 5) is 0. The van der Waals surface area contributed by atoms with E-state index in [4.69, 9.17) is 11.6 Å². The molecule has 9 heteroatoms. The molecule has 0 spiro atoms. The van der Waals surface area contributed by atoms with Gasteiger partial charge in [-0.05, 0) is 23.3 Å². The fourth-order valence-corrected chi connectivity index (χ4v) is 3.55. The van der Waals surface area contributed by atoms with E-state index >= 15 is 0 Å². The Labute approximate surface area is 148 Å². The predicted octanol–water partition coefficient (Wildman–Crippen LogP) is 3.21. The Morgan fingerprint density at radius 2 is 1.68 bits per heavy atom. The number of halogens is 4. The van der Waals surface area contributed by atoms with Gasteiger partial charge < -0.3 is 5.11 Å². The zero-order valence-electron chi connectivity index (χ0n) is 12.8. The summed E-state index contributed by atoms with van der Waals surface area (Å²) in [6, 6.07) is 12.3. The van der Waals surface area contributed by atoms with Crippen LogP contribution in [0.3, 0.4) is 0 Å². The molecule has 2 aromatic rings. The van der Waals surface area contributed by atoms with E-state index in [9.17, 15) is 26.7 Å². The second-order valence-corrected chi connectivity index (χ2v) is 7.68. The summed E-state index contributed by atoms with van der Waals surface area (Å²) >= 11 is 5.76. The molecule has 2 N–H and O–H groups in total. The molecule has 4 nitrogen and oxygen atoms in total. The summed E-state index contributed by atoms with van der Waals surface area (Å²) in [5, 5.41) is 10.4. The van der Waals surface area contributed by atoms with Gasteiger partial charge in [0.15, 0.2) is 5.60 Å². The third-order valence-electron chi connectivity index (χ3n) is 3.51. The molecule has 0 aliphatic rings. The molecule has 0 saturated heterocycles. The smallest absolute Gasteiger partial charge is 0.375 e. The number of benzene rings is 2. The first kappa shape index (κ1) is 19.7. The fraction of sp³-hybridized carbons (Fsp3) is 0.250. The molecule has 0 aromatic heterocycles. The molecule has 0 radical (unpaired) electrons. The average Bonchev–Trinajstić information content (AvgIpc) is 2.52. The van der Waals surface area contributed by atoms with Gasteiger partial charge in [-0.25, -0.2) is 13.1 Å². The molecular weight excluding hydrogens is 379 g/mol. The standard InChI is InChI=1S/C16H15ClF3NO3S/c17-14-8-4-5-12(9-14)10-25(23,24)21-11-15(22,16(18,19)20)13-6-2-1-3-7-13/h1-9,21-22H,10-11H2/t15-/m0/s1. The molecule has 0 bridgehead atoms. The van der Waals surface area contributed by atoms with Gasteiger partial charge in [-0.15, -0.1) is 0 Å². The van der Waals surface area contributed by atoms with Gasteiger partial charge in [-0.3, -0.25) is 0 Å². The minimum Gasteiger partial charge on any atom is -0.375 e. The zero-order chi connectivity index (χ0) is 18.7. The summed E-state index contributed by atoms with van der Waals surface area (Å²) in [5.41, 5.74) is -3.47. The Morgan fingerprint density at radius 3 is 2.24 bits per heavy atom. The van der Waals surface area contributed by atoms with Crippen molar-refractivity contribution in [3.63, 3.8) is 0 Å². The predicted molar refractivity (Wildman–Crippen MR) is 88.5 cm³/mol. The van der Waals surface area contributed by atoms with Gasteiger partial charge in [0.2, 0.25) is 10.0 Å². The summed E-state index contributed by atoms with van der Waals surface area (Å²) in [5.74, 6) is -0.559. The van der Waals surface area contributed by atoms with Crippen molar-refractivity contribution in [2.24, 2.45) is 0 Å². The summed E-state index contributed by atoms with van der Waals surface area (Å²) < 4.78 is 66.0. The Bertz CT molecular complexity index is 828. The highest BCUT2D eigenvalue weighted by Crippen LogP contribution is 2.38. The number of sulfonamides is 1. The fourth-order valence-electron chi connectivity index (χ4n) is 2.19. The second kappa shape index (κ2) is 7.33. The van der Waals surface area contributed by atoms with E-state index in [0.717, 1.165) is 12.1 Å². The number of nitrogens with one attached hydrogen (secondary N) is 1. The van der Waals surface area contributed by atoms with E-state index in [0.29, 0.717) is 10.6 Å². The van der Waals surface area contributed by atoms with Crippen molar-refractivity contribution in [2.75, 3.05) is 6.54 Å². The first-order valence-corrected chi connectivity index (χ1v) is 9.13. The van der Waals surface area contributed by atoms with Crippen molar-refractivity contribution in [3.8, 4) is 0 Å². The van der Waals surface area contributed by atoms with E-state index in [1.165, 1.54) is 36.4 Å². The lowest BCUT2D eigenvalue weighted by Gasteiger charge is -2.31. The molecule has 0 heterocycles. The highest BCUT2D eigenvalue weighted by molar-refractivity contribution is 7.88. The molecule has 0 amide bonds. The number of hydrogen-bond acceptors (Lipinski definition) is 3. The van der Waals surface area contributed by atoms with Gasteiger partial charge in [0.05, 0.1) is 12.3 Å². The lowest BCUT2D eigenvalue weighted by molar-refractivity contribution is -0.263. The van der Waals surface area contributed by atoms with Crippen molar-refractivity contribution in [3.05, 3.63) is 70.7 Å². The maximum Gasteiger partial charge on any atom is 0.422 e. The minimum absolute atomic E-state index is 0.309. The van der Waals surface area contributed by atoms with Crippen molar-refractivity contribution in [1.82, 2.24) is 4.72 Å². The van der Waals surface area contributed by atoms with Gasteiger partial charge >= 0.3 is 6.18 Å². The summed E-state index contributed by atoms with van der Waals surface area (Å²) in [6.07, 6.45) is -5.06. The molecule has 0 aliphatic carbocycles. The molecule has 0 fully saturated rings. The number of hydrogen-bond donors (Lipinski definition) is 2. The molecule has 0 unspecified atom stereocenters. The van der Waals surface area contributed by atoms with Crippen LogP contribution >= 0.6 is 11.6 Å². The largest absolute Gasteiger partial charge is 0.422 e. The van der Waals surface area contributed by atoms with Gasteiger partial charge in [-0.2, -0.15) is 13.2 Å². The molecule has 25 heavy (non-hydrogen) atoms. The van der Waals surface area contributed by atoms with Crippen molar-refractivity contribution >= 4 is 21.6 Å². The Balaban J connectivity index is 2.20. The van der Waals surface area contributed by atoms with E-state index < -0.39 is 39.7 Å². The third-order valence-corrected chi connectivity index (χ3v) is 5.05. The van der Waals surface area contributed by atoms with Crippen LogP contribution in [0.15, 0.2) is 54.6 Å². The van der Waals surface area contributed by atoms with E-state index in [1.807, 2.05) is 4.72 Å². The van der Waals surface area contributed by atoms with Crippen molar-refractivity contribution < 1.29 is 26.7 Å².